The van der Waals surface area contributed by atoms with Crippen LogP contribution in [-0.4, -0.2) is 44.2 Å². The van der Waals surface area contributed by atoms with Crippen molar-refractivity contribution in [3.63, 3.8) is 0 Å². The van der Waals surface area contributed by atoms with Crippen molar-refractivity contribution in [3.8, 4) is 5.75 Å². The molecule has 0 atom stereocenters. The monoisotopic (exact) mass is 258 g/mol. The van der Waals surface area contributed by atoms with Gasteiger partial charge in [-0.1, -0.05) is 12.1 Å². The van der Waals surface area contributed by atoms with Crippen molar-refractivity contribution in [1.29, 1.82) is 0 Å². The highest BCUT2D eigenvalue weighted by atomic mass is 32.2. The van der Waals surface area contributed by atoms with Crippen LogP contribution in [0.3, 0.4) is 0 Å². The molecule has 0 aliphatic rings. The fraction of sp³-hybridized carbons (Fsp3) is 0.400. The Morgan fingerprint density at radius 3 is 2.65 bits per heavy atom. The quantitative estimate of drug-likeness (QED) is 0.514. The van der Waals surface area contributed by atoms with Crippen LogP contribution in [0, 0.1) is 0 Å². The molecular weight excluding hydrogens is 243 g/mol. The molecule has 17 heavy (non-hydrogen) atoms. The van der Waals surface area contributed by atoms with Gasteiger partial charge in [-0.3, -0.25) is 0 Å². The Hall–Kier alpha value is -1.05. The highest BCUT2D eigenvalue weighted by Gasteiger charge is 2.11. The van der Waals surface area contributed by atoms with Crippen LogP contribution < -0.4 is 10.2 Å². The topological polar surface area (TPSA) is 83.8 Å². The fourth-order valence-electron chi connectivity index (χ4n) is 1.28. The van der Waals surface area contributed by atoms with E-state index in [1.54, 1.807) is 18.2 Å². The second kappa shape index (κ2) is 6.04. The summed E-state index contributed by atoms with van der Waals surface area (Å²) in [6.07, 6.45) is 1.58. The Morgan fingerprint density at radius 2 is 2.06 bits per heavy atom. The number of sulfone groups is 1. The van der Waals surface area contributed by atoms with Crippen molar-refractivity contribution in [2.24, 2.45) is 0 Å². The smallest absolute Gasteiger partial charge is 0.488 e. The highest BCUT2D eigenvalue weighted by molar-refractivity contribution is 7.90. The van der Waals surface area contributed by atoms with E-state index in [0.29, 0.717) is 17.6 Å². The van der Waals surface area contributed by atoms with Crippen molar-refractivity contribution >= 4 is 22.4 Å². The molecule has 94 valence electrons. The van der Waals surface area contributed by atoms with Gasteiger partial charge < -0.3 is 14.8 Å². The zero-order valence-electron chi connectivity index (χ0n) is 9.54. The first-order chi connectivity index (χ1) is 7.88. The van der Waals surface area contributed by atoms with Gasteiger partial charge in [0.2, 0.25) is 0 Å². The van der Waals surface area contributed by atoms with Gasteiger partial charge >= 0.3 is 7.12 Å². The van der Waals surface area contributed by atoms with Crippen LogP contribution in [0.15, 0.2) is 24.3 Å². The van der Waals surface area contributed by atoms with Crippen LogP contribution in [0.25, 0.3) is 0 Å². The first-order valence-electron chi connectivity index (χ1n) is 5.15. The molecule has 0 amide bonds. The van der Waals surface area contributed by atoms with E-state index < -0.39 is 17.0 Å². The molecule has 0 aliphatic carbocycles. The summed E-state index contributed by atoms with van der Waals surface area (Å²) in [5.74, 6) is 0.569. The summed E-state index contributed by atoms with van der Waals surface area (Å²) in [6.45, 7) is 0.276. The van der Waals surface area contributed by atoms with Gasteiger partial charge in [0.25, 0.3) is 0 Å². The molecule has 0 saturated carbocycles. The van der Waals surface area contributed by atoms with E-state index in [2.05, 4.69) is 0 Å². The number of hydrogen-bond acceptors (Lipinski definition) is 5. The van der Waals surface area contributed by atoms with E-state index in [4.69, 9.17) is 14.8 Å². The maximum atomic E-state index is 10.9. The average molecular weight is 258 g/mol. The molecule has 0 saturated heterocycles. The maximum absolute atomic E-state index is 10.9. The molecule has 2 N–H and O–H groups in total. The molecule has 0 aliphatic heterocycles. The lowest BCUT2D eigenvalue weighted by atomic mass is 9.80. The van der Waals surface area contributed by atoms with Gasteiger partial charge in [-0.2, -0.15) is 0 Å². The molecular formula is C10H15BO5S. The maximum Gasteiger partial charge on any atom is 0.488 e. The van der Waals surface area contributed by atoms with E-state index in [1.165, 1.54) is 12.3 Å². The molecule has 0 unspecified atom stereocenters. The molecule has 0 radical (unpaired) electrons. The van der Waals surface area contributed by atoms with E-state index in [1.807, 2.05) is 0 Å². The minimum atomic E-state index is -2.96. The van der Waals surface area contributed by atoms with Crippen molar-refractivity contribution in [3.05, 3.63) is 24.3 Å². The number of hydrogen-bond donors (Lipinski definition) is 2. The lowest BCUT2D eigenvalue weighted by Crippen LogP contribution is -2.29. The second-order valence-electron chi connectivity index (χ2n) is 3.78. The highest BCUT2D eigenvalue weighted by Crippen LogP contribution is 2.08. The first kappa shape index (κ1) is 14.0. The normalized spacial score (nSPS) is 11.2. The molecule has 0 heterocycles. The van der Waals surface area contributed by atoms with Crippen LogP contribution >= 0.6 is 0 Å². The summed E-state index contributed by atoms with van der Waals surface area (Å²) in [6, 6.07) is 6.38. The molecule has 1 aromatic rings. The lowest BCUT2D eigenvalue weighted by molar-refractivity contribution is 0.318. The van der Waals surface area contributed by atoms with Crippen LogP contribution in [0.5, 0.6) is 5.75 Å². The minimum absolute atomic E-state index is 0.0787. The fourth-order valence-corrected chi connectivity index (χ4v) is 1.92. The van der Waals surface area contributed by atoms with Crippen LogP contribution in [0.2, 0.25) is 0 Å². The summed E-state index contributed by atoms with van der Waals surface area (Å²) in [7, 11) is -4.49. The largest absolute Gasteiger partial charge is 0.494 e. The molecule has 5 nitrogen and oxygen atoms in total. The predicted molar refractivity (Wildman–Crippen MR) is 66.1 cm³/mol. The van der Waals surface area contributed by atoms with E-state index >= 15 is 0 Å². The lowest BCUT2D eigenvalue weighted by Gasteiger charge is -2.07. The molecule has 1 rings (SSSR count). The third-order valence-corrected chi connectivity index (χ3v) is 3.11. The van der Waals surface area contributed by atoms with Crippen LogP contribution in [-0.2, 0) is 9.84 Å². The van der Waals surface area contributed by atoms with E-state index in [0.717, 1.165) is 0 Å². The summed E-state index contributed by atoms with van der Waals surface area (Å²) >= 11 is 0. The molecule has 7 heteroatoms. The zero-order valence-corrected chi connectivity index (χ0v) is 10.4. The average Bonchev–Trinajstić information content (AvgIpc) is 2.23. The van der Waals surface area contributed by atoms with Crippen molar-refractivity contribution in [2.45, 2.75) is 6.42 Å². The molecule has 0 spiro atoms. The predicted octanol–water partition coefficient (Wildman–Crippen LogP) is -0.820. The summed E-state index contributed by atoms with van der Waals surface area (Å²) in [4.78, 5) is 0. The summed E-state index contributed by atoms with van der Waals surface area (Å²) in [5.41, 5.74) is 0.339. The number of ether oxygens (including phenoxy) is 1. The van der Waals surface area contributed by atoms with E-state index in [9.17, 15) is 8.42 Å². The van der Waals surface area contributed by atoms with Crippen molar-refractivity contribution in [1.82, 2.24) is 0 Å². The molecule has 0 fully saturated rings. The first-order valence-corrected chi connectivity index (χ1v) is 7.21. The number of rotatable bonds is 6. The SMILES string of the molecule is CS(=O)(=O)CCCOc1cccc(B(O)O)c1. The Morgan fingerprint density at radius 1 is 1.35 bits per heavy atom. The third-order valence-electron chi connectivity index (χ3n) is 2.08. The number of benzene rings is 1. The molecule has 0 bridgehead atoms. The Kier molecular flexibility index (Phi) is 4.98. The van der Waals surface area contributed by atoms with Gasteiger partial charge in [-0.05, 0) is 24.0 Å². The van der Waals surface area contributed by atoms with Gasteiger partial charge in [-0.15, -0.1) is 0 Å². The zero-order chi connectivity index (χ0) is 12.9. The van der Waals surface area contributed by atoms with Crippen LogP contribution in [0.1, 0.15) is 6.42 Å². The Balaban J connectivity index is 2.44. The summed E-state index contributed by atoms with van der Waals surface area (Å²) < 4.78 is 27.0. The van der Waals surface area contributed by atoms with Gasteiger partial charge in [0, 0.05) is 6.26 Å². The van der Waals surface area contributed by atoms with E-state index in [-0.39, 0.29) is 12.4 Å². The van der Waals surface area contributed by atoms with Crippen molar-refractivity contribution < 1.29 is 23.2 Å². The van der Waals surface area contributed by atoms with Crippen molar-refractivity contribution in [2.75, 3.05) is 18.6 Å². The summed E-state index contributed by atoms with van der Waals surface area (Å²) in [5, 5.41) is 17.9. The molecule has 1 aromatic carbocycles. The molecule has 0 aromatic heterocycles. The van der Waals surface area contributed by atoms with Gasteiger partial charge in [0.15, 0.2) is 0 Å². The Labute approximate surface area is 101 Å². The van der Waals surface area contributed by atoms with Crippen LogP contribution in [0.4, 0.5) is 0 Å². The third kappa shape index (κ3) is 5.72. The Bertz CT molecular complexity index is 458. The van der Waals surface area contributed by atoms with Gasteiger partial charge in [0.05, 0.1) is 12.4 Å². The standard InChI is InChI=1S/C10H15BO5S/c1-17(14,15)7-3-6-16-10-5-2-4-9(8-10)11(12)13/h2,4-5,8,12-13H,3,6-7H2,1H3. The second-order valence-corrected chi connectivity index (χ2v) is 6.04. The minimum Gasteiger partial charge on any atom is -0.494 e. The van der Waals surface area contributed by atoms with Gasteiger partial charge in [0.1, 0.15) is 15.6 Å². The van der Waals surface area contributed by atoms with Gasteiger partial charge in [-0.25, -0.2) is 8.42 Å².